The summed E-state index contributed by atoms with van der Waals surface area (Å²) >= 11 is 0. The maximum Gasteiger partial charge on any atom is 0.203 e. The molecular weight excluding hydrogens is 234 g/mol. The zero-order valence-electron chi connectivity index (χ0n) is 10.9. The first-order valence-electron chi connectivity index (χ1n) is 5.79. The van der Waals surface area contributed by atoms with Crippen molar-refractivity contribution < 1.29 is 18.9 Å². The molecule has 1 N–H and O–H groups in total. The average Bonchev–Trinajstić information content (AvgIpc) is 2.46. The predicted molar refractivity (Wildman–Crippen MR) is 67.1 cm³/mol. The zero-order valence-corrected chi connectivity index (χ0v) is 10.9. The molecule has 1 radical (unpaired) electrons. The zero-order chi connectivity index (χ0) is 13.0. The third-order valence-electron chi connectivity index (χ3n) is 2.89. The highest BCUT2D eigenvalue weighted by atomic mass is 16.5. The van der Waals surface area contributed by atoms with Crippen molar-refractivity contribution in [1.29, 1.82) is 0 Å². The third-order valence-corrected chi connectivity index (χ3v) is 2.89. The lowest BCUT2D eigenvalue weighted by Gasteiger charge is -2.26. The van der Waals surface area contributed by atoms with Gasteiger partial charge in [-0.05, 0) is 12.1 Å². The van der Waals surface area contributed by atoms with Gasteiger partial charge in [0.1, 0.15) is 6.61 Å². The number of ether oxygens (including phenoxy) is 4. The van der Waals surface area contributed by atoms with E-state index in [-0.39, 0.29) is 6.04 Å². The van der Waals surface area contributed by atoms with E-state index in [1.54, 1.807) is 27.9 Å². The van der Waals surface area contributed by atoms with Gasteiger partial charge in [-0.15, -0.1) is 0 Å². The minimum Gasteiger partial charge on any atom is -0.493 e. The molecule has 1 atom stereocenters. The van der Waals surface area contributed by atoms with Crippen LogP contribution in [0.15, 0.2) is 12.1 Å². The molecule has 5 heteroatoms. The van der Waals surface area contributed by atoms with Gasteiger partial charge < -0.3 is 24.3 Å². The molecule has 5 nitrogen and oxygen atoms in total. The van der Waals surface area contributed by atoms with Crippen LogP contribution in [0.4, 0.5) is 0 Å². The van der Waals surface area contributed by atoms with E-state index in [4.69, 9.17) is 18.9 Å². The third kappa shape index (κ3) is 2.37. The Bertz CT molecular complexity index is 402. The van der Waals surface area contributed by atoms with Crippen molar-refractivity contribution in [2.75, 3.05) is 34.5 Å². The summed E-state index contributed by atoms with van der Waals surface area (Å²) in [6.07, 6.45) is 0. The van der Waals surface area contributed by atoms with E-state index in [1.807, 2.05) is 12.1 Å². The van der Waals surface area contributed by atoms with Gasteiger partial charge in [0.25, 0.3) is 0 Å². The van der Waals surface area contributed by atoms with Crippen LogP contribution in [-0.2, 0) is 4.74 Å². The molecule has 1 aliphatic rings. The van der Waals surface area contributed by atoms with Crippen molar-refractivity contribution in [2.45, 2.75) is 6.04 Å². The van der Waals surface area contributed by atoms with Crippen molar-refractivity contribution in [3.8, 4) is 17.2 Å². The fourth-order valence-electron chi connectivity index (χ4n) is 2.04. The molecule has 1 heterocycles. The number of hydrogen-bond donors (Lipinski definition) is 1. The first-order chi connectivity index (χ1) is 8.81. The topological polar surface area (TPSA) is 49.0 Å². The number of morpholine rings is 1. The lowest BCUT2D eigenvalue weighted by Crippen LogP contribution is -2.31. The standard InChI is InChI=1S/C13H18NO4/c1-15-11-5-4-9(10-8-18-7-6-14-10)12(16-2)13(11)17-3/h4-5,8,10,14H,6-7H2,1-3H3. The normalized spacial score (nSPS) is 19.4. The van der Waals surface area contributed by atoms with Crippen LogP contribution in [0.1, 0.15) is 11.6 Å². The van der Waals surface area contributed by atoms with Crippen LogP contribution in [0.5, 0.6) is 17.2 Å². The van der Waals surface area contributed by atoms with Gasteiger partial charge >= 0.3 is 0 Å². The Morgan fingerprint density at radius 2 is 1.89 bits per heavy atom. The molecule has 0 saturated carbocycles. The van der Waals surface area contributed by atoms with Crippen LogP contribution in [0.2, 0.25) is 0 Å². The van der Waals surface area contributed by atoms with Crippen molar-refractivity contribution in [2.24, 2.45) is 0 Å². The summed E-state index contributed by atoms with van der Waals surface area (Å²) in [5, 5.41) is 3.34. The van der Waals surface area contributed by atoms with E-state index in [0.717, 1.165) is 12.1 Å². The molecule has 0 amide bonds. The molecule has 1 aliphatic heterocycles. The number of rotatable bonds is 4. The fourth-order valence-corrected chi connectivity index (χ4v) is 2.04. The Morgan fingerprint density at radius 1 is 1.11 bits per heavy atom. The molecule has 0 bridgehead atoms. The Morgan fingerprint density at radius 3 is 2.44 bits per heavy atom. The molecule has 1 aromatic carbocycles. The van der Waals surface area contributed by atoms with Crippen molar-refractivity contribution >= 4 is 0 Å². The van der Waals surface area contributed by atoms with Gasteiger partial charge in [0, 0.05) is 12.1 Å². The highest BCUT2D eigenvalue weighted by Crippen LogP contribution is 2.42. The van der Waals surface area contributed by atoms with E-state index in [0.29, 0.717) is 23.9 Å². The van der Waals surface area contributed by atoms with E-state index < -0.39 is 0 Å². The molecular formula is C13H18NO4. The molecule has 2 rings (SSSR count). The molecule has 1 fully saturated rings. The van der Waals surface area contributed by atoms with Crippen LogP contribution in [0, 0.1) is 6.61 Å². The molecule has 1 saturated heterocycles. The van der Waals surface area contributed by atoms with Crippen LogP contribution in [-0.4, -0.2) is 34.5 Å². The van der Waals surface area contributed by atoms with Crippen LogP contribution < -0.4 is 19.5 Å². The summed E-state index contributed by atoms with van der Waals surface area (Å²) in [6.45, 7) is 3.26. The second-order valence-electron chi connectivity index (χ2n) is 3.86. The number of methoxy groups -OCH3 is 3. The van der Waals surface area contributed by atoms with E-state index >= 15 is 0 Å². The SMILES string of the molecule is COc1ccc(C2[CH]OCCN2)c(OC)c1OC. The van der Waals surface area contributed by atoms with E-state index in [9.17, 15) is 0 Å². The van der Waals surface area contributed by atoms with Gasteiger partial charge in [0.05, 0.1) is 34.0 Å². The fraction of sp³-hybridized carbons (Fsp3) is 0.462. The summed E-state index contributed by atoms with van der Waals surface area (Å²) in [5.41, 5.74) is 0.967. The van der Waals surface area contributed by atoms with Crippen LogP contribution >= 0.6 is 0 Å². The predicted octanol–water partition coefficient (Wildman–Crippen LogP) is 1.54. The highest BCUT2D eigenvalue weighted by molar-refractivity contribution is 5.57. The van der Waals surface area contributed by atoms with Gasteiger partial charge in [-0.1, -0.05) is 0 Å². The van der Waals surface area contributed by atoms with Gasteiger partial charge in [-0.3, -0.25) is 0 Å². The quantitative estimate of drug-likeness (QED) is 0.880. The maximum atomic E-state index is 5.44. The van der Waals surface area contributed by atoms with Gasteiger partial charge in [-0.2, -0.15) is 0 Å². The number of hydrogen-bond acceptors (Lipinski definition) is 5. The summed E-state index contributed by atoms with van der Waals surface area (Å²) < 4.78 is 21.4. The Kier molecular flexibility index (Phi) is 4.28. The Hall–Kier alpha value is -1.46. The molecule has 0 aromatic heterocycles. The van der Waals surface area contributed by atoms with Crippen molar-refractivity contribution in [3.63, 3.8) is 0 Å². The van der Waals surface area contributed by atoms with Crippen LogP contribution in [0.3, 0.4) is 0 Å². The highest BCUT2D eigenvalue weighted by Gasteiger charge is 2.24. The molecule has 18 heavy (non-hydrogen) atoms. The first kappa shape index (κ1) is 13.0. The number of nitrogens with one attached hydrogen (secondary N) is 1. The van der Waals surface area contributed by atoms with Gasteiger partial charge in [0.2, 0.25) is 5.75 Å². The summed E-state index contributed by atoms with van der Waals surface area (Å²) in [4.78, 5) is 0. The van der Waals surface area contributed by atoms with E-state index in [2.05, 4.69) is 5.32 Å². The largest absolute Gasteiger partial charge is 0.493 e. The van der Waals surface area contributed by atoms with Crippen LogP contribution in [0.25, 0.3) is 0 Å². The lowest BCUT2D eigenvalue weighted by molar-refractivity contribution is 0.136. The monoisotopic (exact) mass is 252 g/mol. The summed E-state index contributed by atoms with van der Waals surface area (Å²) in [7, 11) is 4.81. The summed E-state index contributed by atoms with van der Waals surface area (Å²) in [6, 6.07) is 3.80. The first-order valence-corrected chi connectivity index (χ1v) is 5.79. The molecule has 0 aliphatic carbocycles. The van der Waals surface area contributed by atoms with E-state index in [1.165, 1.54) is 0 Å². The molecule has 1 aromatic rings. The lowest BCUT2D eigenvalue weighted by atomic mass is 10.0. The average molecular weight is 252 g/mol. The second-order valence-corrected chi connectivity index (χ2v) is 3.86. The second kappa shape index (κ2) is 5.93. The summed E-state index contributed by atoms with van der Waals surface area (Å²) in [5.74, 6) is 1.91. The van der Waals surface area contributed by atoms with Gasteiger partial charge in [-0.25, -0.2) is 0 Å². The van der Waals surface area contributed by atoms with Crippen molar-refractivity contribution in [1.82, 2.24) is 5.32 Å². The smallest absolute Gasteiger partial charge is 0.203 e. The van der Waals surface area contributed by atoms with Crippen molar-refractivity contribution in [3.05, 3.63) is 24.3 Å². The minimum atomic E-state index is -0.00601. The minimum absolute atomic E-state index is 0.00601. The number of benzene rings is 1. The van der Waals surface area contributed by atoms with Gasteiger partial charge in [0.15, 0.2) is 11.5 Å². The Balaban J connectivity index is 2.40. The molecule has 1 unspecified atom stereocenters. The molecule has 99 valence electrons. The molecule has 0 spiro atoms. The maximum absolute atomic E-state index is 5.44. The Labute approximate surface area is 107 Å².